The number of nitrogens with zero attached hydrogens (tertiary/aromatic N) is 5. The molecular formula is C35H41FN8O. The molecular weight excluding hydrogens is 567 g/mol. The van der Waals surface area contributed by atoms with Crippen molar-refractivity contribution in [3.05, 3.63) is 65.6 Å². The quantitative estimate of drug-likeness (QED) is 0.256. The van der Waals surface area contributed by atoms with E-state index in [0.29, 0.717) is 29.0 Å². The third-order valence-corrected chi connectivity index (χ3v) is 10.7. The van der Waals surface area contributed by atoms with Gasteiger partial charge < -0.3 is 20.9 Å². The summed E-state index contributed by atoms with van der Waals surface area (Å²) in [5, 5.41) is 14.3. The summed E-state index contributed by atoms with van der Waals surface area (Å²) in [5.74, 6) is 1.11. The molecule has 0 bridgehead atoms. The maximum absolute atomic E-state index is 13.5. The number of pyridine rings is 1. The second-order valence-electron chi connectivity index (χ2n) is 13.5. The van der Waals surface area contributed by atoms with E-state index in [1.165, 1.54) is 68.9 Å². The molecule has 0 radical (unpaired) electrons. The minimum Gasteiger partial charge on any atom is -0.385 e. The molecule has 1 saturated heterocycles. The molecule has 5 heterocycles. The Kier molecular flexibility index (Phi) is 7.19. The third-order valence-electron chi connectivity index (χ3n) is 10.7. The van der Waals surface area contributed by atoms with Gasteiger partial charge in [-0.25, -0.2) is 13.9 Å². The average molecular weight is 609 g/mol. The Hall–Kier alpha value is -4.05. The van der Waals surface area contributed by atoms with Crippen molar-refractivity contribution in [3.63, 3.8) is 0 Å². The largest absolute Gasteiger partial charge is 0.385 e. The first-order valence-electron chi connectivity index (χ1n) is 16.6. The fraction of sp³-hybridized carbons (Fsp3) is 0.486. The average Bonchev–Trinajstić information content (AvgIpc) is 3.41. The molecule has 10 heteroatoms. The first-order chi connectivity index (χ1) is 22.0. The van der Waals surface area contributed by atoms with E-state index in [2.05, 4.69) is 62.4 Å². The number of carbonyl (C=O) groups excluding carboxylic acids is 1. The van der Waals surface area contributed by atoms with Crippen molar-refractivity contribution >= 4 is 28.7 Å². The van der Waals surface area contributed by atoms with Crippen LogP contribution in [0.15, 0.2) is 48.8 Å². The molecule has 1 spiro atoms. The summed E-state index contributed by atoms with van der Waals surface area (Å²) in [6, 6.07) is 12.4. The van der Waals surface area contributed by atoms with Gasteiger partial charge in [0.25, 0.3) is 5.91 Å². The summed E-state index contributed by atoms with van der Waals surface area (Å²) < 4.78 is 15.0. The minimum atomic E-state index is -0.977. The van der Waals surface area contributed by atoms with E-state index in [1.807, 2.05) is 13.1 Å². The molecule has 4 aliphatic rings. The van der Waals surface area contributed by atoms with Gasteiger partial charge >= 0.3 is 0 Å². The van der Waals surface area contributed by atoms with Crippen LogP contribution in [-0.2, 0) is 12.8 Å². The van der Waals surface area contributed by atoms with Gasteiger partial charge in [0.15, 0.2) is 17.2 Å². The van der Waals surface area contributed by atoms with Crippen LogP contribution in [0.4, 0.5) is 21.6 Å². The lowest BCUT2D eigenvalue weighted by molar-refractivity contribution is 0.0940. The molecule has 1 aromatic carbocycles. The van der Waals surface area contributed by atoms with Crippen LogP contribution >= 0.6 is 0 Å². The second-order valence-corrected chi connectivity index (χ2v) is 13.5. The lowest BCUT2D eigenvalue weighted by atomic mass is 9.65. The summed E-state index contributed by atoms with van der Waals surface area (Å²) in [6.45, 7) is 3.13. The molecule has 2 aliphatic carbocycles. The number of amides is 1. The van der Waals surface area contributed by atoms with Gasteiger partial charge in [-0.2, -0.15) is 0 Å². The van der Waals surface area contributed by atoms with E-state index in [4.69, 9.17) is 10.1 Å². The summed E-state index contributed by atoms with van der Waals surface area (Å²) >= 11 is 0. The molecule has 3 N–H and O–H groups in total. The predicted molar refractivity (Wildman–Crippen MR) is 174 cm³/mol. The maximum atomic E-state index is 13.5. The molecule has 2 aliphatic heterocycles. The smallest absolute Gasteiger partial charge is 0.271 e. The molecule has 2 atom stereocenters. The van der Waals surface area contributed by atoms with Crippen molar-refractivity contribution in [2.75, 3.05) is 36.9 Å². The Morgan fingerprint density at radius 2 is 1.91 bits per heavy atom. The molecule has 3 aromatic heterocycles. The van der Waals surface area contributed by atoms with Crippen molar-refractivity contribution in [2.24, 2.45) is 11.3 Å². The number of benzene rings is 1. The lowest BCUT2D eigenvalue weighted by Crippen LogP contribution is -2.39. The van der Waals surface area contributed by atoms with Gasteiger partial charge in [0.1, 0.15) is 6.17 Å². The molecule has 9 nitrogen and oxygen atoms in total. The number of hydrogen-bond acceptors (Lipinski definition) is 7. The second kappa shape index (κ2) is 11.4. The lowest BCUT2D eigenvalue weighted by Gasteiger charge is -2.43. The number of anilines is 3. The van der Waals surface area contributed by atoms with Gasteiger partial charge in [-0.3, -0.25) is 9.78 Å². The SMILES string of the molecule is CNc1cc(N2CCc3c(-c4ccc(CC5CCC6(CCNCC6)CC5)cn4)cccc32)nn2c(C(=O)N[C@@H]3C[C@@H]3F)cnc12. The number of hydrogen-bond donors (Lipinski definition) is 3. The van der Waals surface area contributed by atoms with Gasteiger partial charge in [0, 0.05) is 43.5 Å². The standard InChI is InChI=1S/C35H41FN8O/c1-37-29-19-32(42-44-31(21-40-33(29)44)34(45)41-28-18-26(28)36)43-16-9-25-24(3-2-4-30(25)43)27-6-5-23(20-39-27)17-22-7-10-35(11-8-22)12-14-38-15-13-35/h2-6,19-22,26,28,37-38H,7-18H2,1H3,(H,41,45)/t26-,28+/m0/s1. The molecule has 234 valence electrons. The number of alkyl halides is 1. The number of carbonyl (C=O) groups is 1. The fourth-order valence-corrected chi connectivity index (χ4v) is 7.88. The number of fused-ring (bicyclic) bond motifs is 2. The van der Waals surface area contributed by atoms with E-state index in [-0.39, 0.29) is 5.91 Å². The van der Waals surface area contributed by atoms with Gasteiger partial charge in [-0.1, -0.05) is 18.2 Å². The van der Waals surface area contributed by atoms with E-state index in [0.717, 1.165) is 47.9 Å². The molecule has 2 saturated carbocycles. The van der Waals surface area contributed by atoms with Crippen molar-refractivity contribution < 1.29 is 9.18 Å². The summed E-state index contributed by atoms with van der Waals surface area (Å²) in [4.78, 5) is 24.5. The van der Waals surface area contributed by atoms with Gasteiger partial charge in [-0.15, -0.1) is 5.10 Å². The highest BCUT2D eigenvalue weighted by molar-refractivity contribution is 5.94. The zero-order valence-corrected chi connectivity index (χ0v) is 25.9. The zero-order chi connectivity index (χ0) is 30.5. The molecule has 0 unspecified atom stereocenters. The van der Waals surface area contributed by atoms with Crippen LogP contribution in [0.2, 0.25) is 0 Å². The summed E-state index contributed by atoms with van der Waals surface area (Å²) in [7, 11) is 1.83. The van der Waals surface area contributed by atoms with E-state index in [9.17, 15) is 9.18 Å². The minimum absolute atomic E-state index is 0.291. The van der Waals surface area contributed by atoms with Crippen molar-refractivity contribution in [1.29, 1.82) is 0 Å². The number of nitrogens with one attached hydrogen (secondary N) is 3. The van der Waals surface area contributed by atoms with Crippen LogP contribution in [0, 0.1) is 11.3 Å². The van der Waals surface area contributed by atoms with Crippen molar-refractivity contribution in [2.45, 2.75) is 70.0 Å². The highest BCUT2D eigenvalue weighted by atomic mass is 19.1. The van der Waals surface area contributed by atoms with E-state index >= 15 is 0 Å². The summed E-state index contributed by atoms with van der Waals surface area (Å²) in [6.07, 6.45) is 13.1. The Labute approximate surface area is 263 Å². The molecule has 8 rings (SSSR count). The Morgan fingerprint density at radius 3 is 2.64 bits per heavy atom. The maximum Gasteiger partial charge on any atom is 0.271 e. The van der Waals surface area contributed by atoms with E-state index < -0.39 is 12.2 Å². The highest BCUT2D eigenvalue weighted by Gasteiger charge is 2.39. The summed E-state index contributed by atoms with van der Waals surface area (Å²) in [5.41, 5.74) is 8.02. The zero-order valence-electron chi connectivity index (χ0n) is 25.9. The Bertz CT molecular complexity index is 1720. The first kappa shape index (κ1) is 28.4. The Morgan fingerprint density at radius 1 is 1.09 bits per heavy atom. The molecule has 45 heavy (non-hydrogen) atoms. The van der Waals surface area contributed by atoms with Gasteiger partial charge in [-0.05, 0) is 99.0 Å². The topological polar surface area (TPSA) is 99.5 Å². The van der Waals surface area contributed by atoms with Crippen LogP contribution in [0.1, 0.15) is 66.6 Å². The van der Waals surface area contributed by atoms with Crippen LogP contribution < -0.4 is 20.9 Å². The van der Waals surface area contributed by atoms with Crippen LogP contribution in [0.25, 0.3) is 16.9 Å². The van der Waals surface area contributed by atoms with Crippen LogP contribution in [0.5, 0.6) is 0 Å². The monoisotopic (exact) mass is 608 g/mol. The van der Waals surface area contributed by atoms with Crippen LogP contribution in [0.3, 0.4) is 0 Å². The van der Waals surface area contributed by atoms with Crippen molar-refractivity contribution in [3.8, 4) is 11.3 Å². The first-order valence-corrected chi connectivity index (χ1v) is 16.6. The molecule has 4 aromatic rings. The van der Waals surface area contributed by atoms with Crippen molar-refractivity contribution in [1.82, 2.24) is 30.2 Å². The van der Waals surface area contributed by atoms with Gasteiger partial charge in [0.05, 0.1) is 23.6 Å². The fourth-order valence-electron chi connectivity index (χ4n) is 7.88. The highest BCUT2D eigenvalue weighted by Crippen LogP contribution is 2.46. The predicted octanol–water partition coefficient (Wildman–Crippen LogP) is 5.47. The molecule has 3 fully saturated rings. The number of aromatic nitrogens is 4. The normalized spacial score (nSPS) is 22.5. The molecule has 1 amide bonds. The number of halogens is 1. The third kappa shape index (κ3) is 5.32. The number of imidazole rings is 1. The number of rotatable bonds is 7. The van der Waals surface area contributed by atoms with Crippen LogP contribution in [-0.4, -0.2) is 64.4 Å². The van der Waals surface area contributed by atoms with E-state index in [1.54, 1.807) is 4.52 Å². The Balaban J connectivity index is 1.01. The van der Waals surface area contributed by atoms with Gasteiger partial charge in [0.2, 0.25) is 0 Å². The number of piperidine rings is 1.